The van der Waals surface area contributed by atoms with Crippen molar-refractivity contribution in [3.63, 3.8) is 0 Å². The first-order valence-corrected chi connectivity index (χ1v) is 10.5. The van der Waals surface area contributed by atoms with E-state index in [9.17, 15) is 15.0 Å². The fourth-order valence-electron chi connectivity index (χ4n) is 5.37. The molecule has 0 bridgehead atoms. The predicted octanol–water partition coefficient (Wildman–Crippen LogP) is 4.07. The number of aliphatic carboxylic acids is 1. The molecule has 3 N–H and O–H groups in total. The van der Waals surface area contributed by atoms with Gasteiger partial charge >= 0.3 is 5.97 Å². The van der Waals surface area contributed by atoms with Crippen molar-refractivity contribution in [3.05, 3.63) is 23.8 Å². The second-order valence-corrected chi connectivity index (χ2v) is 8.63. The van der Waals surface area contributed by atoms with Crippen LogP contribution in [0.1, 0.15) is 70.6 Å². The van der Waals surface area contributed by atoms with E-state index in [1.54, 1.807) is 0 Å². The SMILES string of the molecule is O=C(O)CCC/C=C1\C[C@@H]2C[C@@H](O)[C@H](/C=C/[C@H](O)C3CCCCC3)[C@H]2C1. The van der Waals surface area contributed by atoms with E-state index >= 15 is 0 Å². The van der Waals surface area contributed by atoms with Gasteiger partial charge in [-0.1, -0.05) is 43.1 Å². The van der Waals surface area contributed by atoms with Crippen molar-refractivity contribution in [2.45, 2.75) is 82.8 Å². The van der Waals surface area contributed by atoms with Crippen molar-refractivity contribution in [1.29, 1.82) is 0 Å². The van der Waals surface area contributed by atoms with Crippen molar-refractivity contribution >= 4 is 5.97 Å². The summed E-state index contributed by atoms with van der Waals surface area (Å²) >= 11 is 0. The molecule has 3 saturated carbocycles. The molecular formula is C22H34O4. The van der Waals surface area contributed by atoms with Gasteiger partial charge < -0.3 is 15.3 Å². The summed E-state index contributed by atoms with van der Waals surface area (Å²) in [7, 11) is 0. The van der Waals surface area contributed by atoms with Crippen LogP contribution in [0.15, 0.2) is 23.8 Å². The Morgan fingerprint density at radius 2 is 1.96 bits per heavy atom. The highest BCUT2D eigenvalue weighted by Gasteiger charge is 2.45. The maximum atomic E-state index is 10.6. The number of carboxylic acid groups (broad SMARTS) is 1. The Hall–Kier alpha value is -1.13. The minimum atomic E-state index is -0.725. The summed E-state index contributed by atoms with van der Waals surface area (Å²) in [6.07, 6.45) is 16.3. The van der Waals surface area contributed by atoms with E-state index in [2.05, 4.69) is 12.2 Å². The molecule has 0 unspecified atom stereocenters. The average Bonchev–Trinajstić information content (AvgIpc) is 3.14. The Labute approximate surface area is 157 Å². The Bertz CT molecular complexity index is 532. The van der Waals surface area contributed by atoms with Crippen LogP contribution < -0.4 is 0 Å². The topological polar surface area (TPSA) is 77.8 Å². The van der Waals surface area contributed by atoms with Crippen LogP contribution in [0.4, 0.5) is 0 Å². The van der Waals surface area contributed by atoms with Gasteiger partial charge in [-0.25, -0.2) is 0 Å². The van der Waals surface area contributed by atoms with Gasteiger partial charge in [0, 0.05) is 12.3 Å². The molecule has 26 heavy (non-hydrogen) atoms. The smallest absolute Gasteiger partial charge is 0.303 e. The maximum Gasteiger partial charge on any atom is 0.303 e. The Kier molecular flexibility index (Phi) is 6.93. The van der Waals surface area contributed by atoms with Crippen molar-refractivity contribution in [2.24, 2.45) is 23.7 Å². The molecule has 3 rings (SSSR count). The van der Waals surface area contributed by atoms with E-state index in [0.717, 1.165) is 38.5 Å². The molecule has 146 valence electrons. The second-order valence-electron chi connectivity index (χ2n) is 8.63. The molecule has 0 aromatic carbocycles. The van der Waals surface area contributed by atoms with Crippen LogP contribution in [0.3, 0.4) is 0 Å². The molecule has 0 spiro atoms. The van der Waals surface area contributed by atoms with Gasteiger partial charge in [-0.05, 0) is 62.7 Å². The van der Waals surface area contributed by atoms with Crippen molar-refractivity contribution in [3.8, 4) is 0 Å². The highest BCUT2D eigenvalue weighted by atomic mass is 16.4. The fourth-order valence-corrected chi connectivity index (χ4v) is 5.37. The normalized spacial score (nSPS) is 35.2. The Morgan fingerprint density at radius 3 is 2.69 bits per heavy atom. The highest BCUT2D eigenvalue weighted by Crippen LogP contribution is 2.50. The summed E-state index contributed by atoms with van der Waals surface area (Å²) < 4.78 is 0. The van der Waals surface area contributed by atoms with Crippen LogP contribution in [0.5, 0.6) is 0 Å². The van der Waals surface area contributed by atoms with E-state index in [1.807, 2.05) is 6.08 Å². The van der Waals surface area contributed by atoms with Gasteiger partial charge in [0.05, 0.1) is 12.2 Å². The molecule has 3 aliphatic rings. The first kappa shape index (κ1) is 19.6. The molecule has 3 fully saturated rings. The van der Waals surface area contributed by atoms with Crippen LogP contribution in [0.2, 0.25) is 0 Å². The number of allylic oxidation sites excluding steroid dienone is 2. The number of fused-ring (bicyclic) bond motifs is 1. The van der Waals surface area contributed by atoms with Crippen molar-refractivity contribution in [2.75, 3.05) is 0 Å². The quantitative estimate of drug-likeness (QED) is 0.471. The minimum Gasteiger partial charge on any atom is -0.481 e. The number of carbonyl (C=O) groups is 1. The van der Waals surface area contributed by atoms with E-state index in [1.165, 1.54) is 24.8 Å². The van der Waals surface area contributed by atoms with E-state index in [4.69, 9.17) is 5.11 Å². The molecule has 0 aliphatic heterocycles. The zero-order valence-corrected chi connectivity index (χ0v) is 15.7. The molecule has 0 saturated heterocycles. The van der Waals surface area contributed by atoms with Gasteiger partial charge in [-0.15, -0.1) is 0 Å². The lowest BCUT2D eigenvalue weighted by Gasteiger charge is -2.25. The number of hydrogen-bond donors (Lipinski definition) is 3. The third-order valence-corrected chi connectivity index (χ3v) is 6.80. The average molecular weight is 363 g/mol. The molecule has 0 aromatic heterocycles. The summed E-state index contributed by atoms with van der Waals surface area (Å²) in [6, 6.07) is 0. The molecule has 4 heteroatoms. The predicted molar refractivity (Wildman–Crippen MR) is 102 cm³/mol. The van der Waals surface area contributed by atoms with Gasteiger partial charge in [0.2, 0.25) is 0 Å². The minimum absolute atomic E-state index is 0.156. The van der Waals surface area contributed by atoms with Gasteiger partial charge in [0.1, 0.15) is 0 Å². The van der Waals surface area contributed by atoms with Crippen LogP contribution in [-0.4, -0.2) is 33.5 Å². The number of unbranched alkanes of at least 4 members (excludes halogenated alkanes) is 1. The highest BCUT2D eigenvalue weighted by molar-refractivity contribution is 5.66. The molecule has 5 atom stereocenters. The number of rotatable bonds is 7. The largest absolute Gasteiger partial charge is 0.481 e. The van der Waals surface area contributed by atoms with Gasteiger partial charge in [0.15, 0.2) is 0 Å². The standard InChI is InChI=1S/C22H34O4/c23-20(16-7-2-1-3-8-16)11-10-18-19-13-15(6-4-5-9-22(25)26)12-17(19)14-21(18)24/h6,10-11,16-21,23-24H,1-5,7-9,12-14H2,(H,25,26)/b11-10+,15-6+/t17-,18-,19+,20+,21-/m1/s1. The maximum absolute atomic E-state index is 10.6. The number of hydrogen-bond acceptors (Lipinski definition) is 3. The monoisotopic (exact) mass is 362 g/mol. The summed E-state index contributed by atoms with van der Waals surface area (Å²) in [5, 5.41) is 29.7. The van der Waals surface area contributed by atoms with Gasteiger partial charge in [-0.2, -0.15) is 0 Å². The zero-order chi connectivity index (χ0) is 18.5. The second kappa shape index (κ2) is 9.18. The lowest BCUT2D eigenvalue weighted by Crippen LogP contribution is -2.22. The van der Waals surface area contributed by atoms with E-state index in [0.29, 0.717) is 24.2 Å². The molecule has 0 amide bonds. The molecule has 4 nitrogen and oxygen atoms in total. The first-order chi connectivity index (χ1) is 12.5. The van der Waals surface area contributed by atoms with Crippen LogP contribution in [0, 0.1) is 23.7 Å². The Morgan fingerprint density at radius 1 is 1.19 bits per heavy atom. The number of aliphatic hydroxyl groups is 2. The van der Waals surface area contributed by atoms with Gasteiger partial charge in [0.25, 0.3) is 0 Å². The lowest BCUT2D eigenvalue weighted by molar-refractivity contribution is -0.137. The Balaban J connectivity index is 1.52. The number of aliphatic hydroxyl groups excluding tert-OH is 2. The van der Waals surface area contributed by atoms with E-state index < -0.39 is 5.97 Å². The van der Waals surface area contributed by atoms with Crippen molar-refractivity contribution in [1.82, 2.24) is 0 Å². The summed E-state index contributed by atoms with van der Waals surface area (Å²) in [5.41, 5.74) is 1.43. The van der Waals surface area contributed by atoms with Crippen molar-refractivity contribution < 1.29 is 20.1 Å². The fraction of sp³-hybridized carbons (Fsp3) is 0.773. The lowest BCUT2D eigenvalue weighted by atomic mass is 9.84. The van der Waals surface area contributed by atoms with Crippen LogP contribution in [0.25, 0.3) is 0 Å². The molecule has 0 radical (unpaired) electrons. The van der Waals surface area contributed by atoms with Crippen LogP contribution >= 0.6 is 0 Å². The third kappa shape index (κ3) is 4.98. The molecule has 0 heterocycles. The third-order valence-electron chi connectivity index (χ3n) is 6.80. The van der Waals surface area contributed by atoms with Crippen LogP contribution in [-0.2, 0) is 4.79 Å². The molecule has 0 aromatic rings. The van der Waals surface area contributed by atoms with Gasteiger partial charge in [-0.3, -0.25) is 4.79 Å². The molecular weight excluding hydrogens is 328 g/mol. The zero-order valence-electron chi connectivity index (χ0n) is 15.7. The van der Waals surface area contributed by atoms with E-state index in [-0.39, 0.29) is 24.5 Å². The summed E-state index contributed by atoms with van der Waals surface area (Å²) in [6.45, 7) is 0. The summed E-state index contributed by atoms with van der Waals surface area (Å²) in [5.74, 6) is 0.838. The molecule has 3 aliphatic carbocycles. The summed E-state index contributed by atoms with van der Waals surface area (Å²) in [4.78, 5) is 10.6. The number of carboxylic acids is 1. The first-order valence-electron chi connectivity index (χ1n) is 10.5.